The lowest BCUT2D eigenvalue weighted by Gasteiger charge is -1.91. The molecule has 3 heteroatoms. The number of fused-ring (bicyclic) bond motifs is 1. The molecule has 3 aromatic rings. The van der Waals surface area contributed by atoms with Crippen molar-refractivity contribution < 1.29 is 0 Å². The van der Waals surface area contributed by atoms with Crippen LogP contribution in [0.5, 0.6) is 0 Å². The van der Waals surface area contributed by atoms with Gasteiger partial charge in [-0.3, -0.25) is 0 Å². The highest BCUT2D eigenvalue weighted by Gasteiger charge is 2.08. The van der Waals surface area contributed by atoms with Gasteiger partial charge in [0.15, 0.2) is 0 Å². The topological polar surface area (TPSA) is 28.7 Å². The van der Waals surface area contributed by atoms with E-state index in [1.54, 1.807) is 11.3 Å². The number of aromatic amines is 1. The van der Waals surface area contributed by atoms with Gasteiger partial charge in [-0.15, -0.1) is 11.3 Å². The molecule has 0 saturated carbocycles. The lowest BCUT2D eigenvalue weighted by molar-refractivity contribution is 1.26. The monoisotopic (exact) mass is 214 g/mol. The molecule has 0 aliphatic heterocycles. The van der Waals surface area contributed by atoms with Crippen LogP contribution in [-0.2, 0) is 0 Å². The van der Waals surface area contributed by atoms with Crippen LogP contribution in [0.1, 0.15) is 5.69 Å². The molecule has 0 aliphatic carbocycles. The molecule has 2 aromatic heterocycles. The van der Waals surface area contributed by atoms with E-state index < -0.39 is 0 Å². The molecule has 0 unspecified atom stereocenters. The number of benzene rings is 1. The fourth-order valence-corrected chi connectivity index (χ4v) is 2.72. The first-order valence-electron chi connectivity index (χ1n) is 4.84. The molecule has 3 rings (SSSR count). The lowest BCUT2D eigenvalue weighted by atomic mass is 10.3. The van der Waals surface area contributed by atoms with Gasteiger partial charge in [0.05, 0.1) is 10.2 Å². The van der Waals surface area contributed by atoms with E-state index in [4.69, 9.17) is 0 Å². The first kappa shape index (κ1) is 8.68. The number of para-hydroxylation sites is 1. The van der Waals surface area contributed by atoms with E-state index in [1.807, 2.05) is 18.3 Å². The van der Waals surface area contributed by atoms with Crippen LogP contribution in [0.2, 0.25) is 0 Å². The molecule has 15 heavy (non-hydrogen) atoms. The van der Waals surface area contributed by atoms with Crippen molar-refractivity contribution in [2.75, 3.05) is 0 Å². The Balaban J connectivity index is 2.24. The zero-order valence-electron chi connectivity index (χ0n) is 8.32. The molecule has 0 aliphatic rings. The summed E-state index contributed by atoms with van der Waals surface area (Å²) < 4.78 is 1.24. The van der Waals surface area contributed by atoms with Crippen molar-refractivity contribution in [1.82, 2.24) is 9.97 Å². The normalized spacial score (nSPS) is 11.0. The molecule has 0 atom stereocenters. The predicted molar refractivity (Wildman–Crippen MR) is 64.1 cm³/mol. The smallest absolute Gasteiger partial charge is 0.126 e. The number of thiazole rings is 1. The third-order valence-electron chi connectivity index (χ3n) is 2.48. The molecule has 0 amide bonds. The molecular formula is C12H10N2S. The molecule has 2 heterocycles. The van der Waals surface area contributed by atoms with Crippen molar-refractivity contribution in [3.63, 3.8) is 0 Å². The summed E-state index contributed by atoms with van der Waals surface area (Å²) in [4.78, 5) is 7.79. The van der Waals surface area contributed by atoms with Crippen LogP contribution in [-0.4, -0.2) is 9.97 Å². The summed E-state index contributed by atoms with van der Waals surface area (Å²) >= 11 is 1.74. The van der Waals surface area contributed by atoms with Gasteiger partial charge in [0.1, 0.15) is 5.01 Å². The Hall–Kier alpha value is -1.61. The summed E-state index contributed by atoms with van der Waals surface area (Å²) in [5.74, 6) is 0. The van der Waals surface area contributed by atoms with E-state index >= 15 is 0 Å². The highest BCUT2D eigenvalue weighted by atomic mass is 32.1. The number of nitrogens with zero attached hydrogens (tertiary/aromatic N) is 1. The van der Waals surface area contributed by atoms with Crippen LogP contribution in [0.4, 0.5) is 0 Å². The Labute approximate surface area is 91.6 Å². The van der Waals surface area contributed by atoms with Crippen LogP contribution in [0.3, 0.4) is 0 Å². The molecule has 0 fully saturated rings. The number of nitrogens with one attached hydrogen (secondary N) is 1. The first-order valence-corrected chi connectivity index (χ1v) is 5.66. The van der Waals surface area contributed by atoms with Crippen molar-refractivity contribution in [3.05, 3.63) is 42.2 Å². The van der Waals surface area contributed by atoms with E-state index in [0.717, 1.165) is 10.5 Å². The Morgan fingerprint density at radius 1 is 1.20 bits per heavy atom. The molecular weight excluding hydrogens is 204 g/mol. The minimum atomic E-state index is 1.08. The van der Waals surface area contributed by atoms with Crippen LogP contribution in [0.15, 0.2) is 36.5 Å². The fourth-order valence-electron chi connectivity index (χ4n) is 1.67. The average molecular weight is 214 g/mol. The summed E-state index contributed by atoms with van der Waals surface area (Å²) in [6, 6.07) is 10.3. The van der Waals surface area contributed by atoms with E-state index in [2.05, 4.69) is 35.1 Å². The highest BCUT2D eigenvalue weighted by molar-refractivity contribution is 7.21. The van der Waals surface area contributed by atoms with Crippen LogP contribution in [0.25, 0.3) is 20.8 Å². The Morgan fingerprint density at radius 3 is 2.80 bits per heavy atom. The third-order valence-corrected chi connectivity index (χ3v) is 3.55. The molecule has 0 spiro atoms. The third kappa shape index (κ3) is 1.36. The van der Waals surface area contributed by atoms with Crippen molar-refractivity contribution in [3.8, 4) is 10.6 Å². The Kier molecular flexibility index (Phi) is 1.86. The molecule has 74 valence electrons. The van der Waals surface area contributed by atoms with Crippen LogP contribution in [0, 0.1) is 6.92 Å². The van der Waals surface area contributed by atoms with Gasteiger partial charge >= 0.3 is 0 Å². The van der Waals surface area contributed by atoms with Gasteiger partial charge in [-0.1, -0.05) is 12.1 Å². The largest absolute Gasteiger partial charge is 0.365 e. The molecule has 1 N–H and O–H groups in total. The standard InChI is InChI=1S/C12H10N2S/c1-8-9(6-7-13-8)12-14-10-4-2-3-5-11(10)15-12/h2-7,13H,1H3. The van der Waals surface area contributed by atoms with Gasteiger partial charge in [-0.25, -0.2) is 4.98 Å². The van der Waals surface area contributed by atoms with Crippen molar-refractivity contribution in [2.24, 2.45) is 0 Å². The van der Waals surface area contributed by atoms with Gasteiger partial charge in [-0.05, 0) is 25.1 Å². The number of hydrogen-bond acceptors (Lipinski definition) is 2. The first-order chi connectivity index (χ1) is 7.34. The second kappa shape index (κ2) is 3.21. The second-order valence-corrected chi connectivity index (χ2v) is 4.53. The number of H-pyrrole nitrogens is 1. The minimum Gasteiger partial charge on any atom is -0.365 e. The zero-order chi connectivity index (χ0) is 10.3. The molecule has 2 nitrogen and oxygen atoms in total. The summed E-state index contributed by atoms with van der Waals surface area (Å²) in [5.41, 5.74) is 3.46. The van der Waals surface area contributed by atoms with E-state index in [-0.39, 0.29) is 0 Å². The van der Waals surface area contributed by atoms with E-state index in [1.165, 1.54) is 16.0 Å². The maximum atomic E-state index is 4.61. The van der Waals surface area contributed by atoms with E-state index in [0.29, 0.717) is 0 Å². The Bertz CT molecular complexity index is 574. The number of aryl methyl sites for hydroxylation is 1. The lowest BCUT2D eigenvalue weighted by Crippen LogP contribution is -1.76. The number of hydrogen-bond donors (Lipinski definition) is 1. The quantitative estimate of drug-likeness (QED) is 0.658. The van der Waals surface area contributed by atoms with Crippen molar-refractivity contribution in [2.45, 2.75) is 6.92 Å². The van der Waals surface area contributed by atoms with Gasteiger partial charge in [0.25, 0.3) is 0 Å². The maximum absolute atomic E-state index is 4.61. The SMILES string of the molecule is Cc1[nH]ccc1-c1nc2ccccc2s1. The zero-order valence-corrected chi connectivity index (χ0v) is 9.14. The molecule has 0 saturated heterocycles. The summed E-state index contributed by atoms with van der Waals surface area (Å²) in [5, 5.41) is 1.09. The van der Waals surface area contributed by atoms with Crippen molar-refractivity contribution >= 4 is 21.6 Å². The second-order valence-electron chi connectivity index (χ2n) is 3.50. The highest BCUT2D eigenvalue weighted by Crippen LogP contribution is 2.31. The van der Waals surface area contributed by atoms with E-state index in [9.17, 15) is 0 Å². The summed E-state index contributed by atoms with van der Waals surface area (Å²) in [7, 11) is 0. The molecule has 0 radical (unpaired) electrons. The molecule has 0 bridgehead atoms. The van der Waals surface area contributed by atoms with Gasteiger partial charge in [0.2, 0.25) is 0 Å². The fraction of sp³-hybridized carbons (Fsp3) is 0.0833. The average Bonchev–Trinajstić information content (AvgIpc) is 2.82. The van der Waals surface area contributed by atoms with Gasteiger partial charge < -0.3 is 4.98 Å². The maximum Gasteiger partial charge on any atom is 0.126 e. The van der Waals surface area contributed by atoms with Crippen molar-refractivity contribution in [1.29, 1.82) is 0 Å². The van der Waals surface area contributed by atoms with Gasteiger partial charge in [-0.2, -0.15) is 0 Å². The summed E-state index contributed by atoms with van der Waals surface area (Å²) in [6.07, 6.45) is 1.96. The Morgan fingerprint density at radius 2 is 2.07 bits per heavy atom. The van der Waals surface area contributed by atoms with Gasteiger partial charge in [0, 0.05) is 17.5 Å². The molecule has 1 aromatic carbocycles. The number of rotatable bonds is 1. The number of aromatic nitrogens is 2. The predicted octanol–water partition coefficient (Wildman–Crippen LogP) is 3.60. The summed E-state index contributed by atoms with van der Waals surface area (Å²) in [6.45, 7) is 2.07. The van der Waals surface area contributed by atoms with Crippen LogP contribution >= 0.6 is 11.3 Å². The van der Waals surface area contributed by atoms with Crippen LogP contribution < -0.4 is 0 Å². The minimum absolute atomic E-state index is 1.08.